The van der Waals surface area contributed by atoms with Gasteiger partial charge in [-0.25, -0.2) is 0 Å². The van der Waals surface area contributed by atoms with Gasteiger partial charge in [0.1, 0.15) is 5.75 Å². The number of benzene rings is 1. The summed E-state index contributed by atoms with van der Waals surface area (Å²) in [6.07, 6.45) is 2.64. The molecule has 1 aromatic carbocycles. The number of piperidine rings is 1. The average molecular weight is 329 g/mol. The lowest BCUT2D eigenvalue weighted by atomic mass is 9.95. The first-order valence-corrected chi connectivity index (χ1v) is 9.17. The zero-order valence-corrected chi connectivity index (χ0v) is 14.3. The van der Waals surface area contributed by atoms with Gasteiger partial charge in [-0.1, -0.05) is 18.2 Å². The molecule has 23 heavy (non-hydrogen) atoms. The molecule has 0 radical (unpaired) electrons. The molecule has 1 fully saturated rings. The van der Waals surface area contributed by atoms with Crippen LogP contribution in [0.15, 0.2) is 41.8 Å². The summed E-state index contributed by atoms with van der Waals surface area (Å²) in [5.41, 5.74) is 1.05. The first-order chi connectivity index (χ1) is 11.3. The summed E-state index contributed by atoms with van der Waals surface area (Å²) in [5.74, 6) is 1.73. The molecule has 122 valence electrons. The Bertz CT molecular complexity index is 613. The van der Waals surface area contributed by atoms with Gasteiger partial charge in [-0.15, -0.1) is 11.3 Å². The van der Waals surface area contributed by atoms with Crippen molar-refractivity contribution in [2.75, 3.05) is 19.7 Å². The Hall–Kier alpha value is -1.81. The Kier molecular flexibility index (Phi) is 5.34. The van der Waals surface area contributed by atoms with Crippen molar-refractivity contribution in [2.24, 2.45) is 0 Å². The van der Waals surface area contributed by atoms with Crippen LogP contribution < -0.4 is 4.74 Å². The fourth-order valence-electron chi connectivity index (χ4n) is 3.09. The van der Waals surface area contributed by atoms with Crippen LogP contribution in [0.25, 0.3) is 0 Å². The standard InChI is InChI=1S/C19H23NO2S/c1-2-22-17-7-5-15(6-8-17)14-19(21)20-11-9-16(10-12-20)18-4-3-13-23-18/h3-8,13,16H,2,9-12,14H2,1H3. The molecule has 1 aromatic heterocycles. The highest BCUT2D eigenvalue weighted by Gasteiger charge is 2.24. The van der Waals surface area contributed by atoms with E-state index in [1.54, 1.807) is 0 Å². The molecule has 0 spiro atoms. The molecular weight excluding hydrogens is 306 g/mol. The summed E-state index contributed by atoms with van der Waals surface area (Å²) in [6, 6.07) is 12.2. The quantitative estimate of drug-likeness (QED) is 0.827. The Balaban J connectivity index is 1.51. The highest BCUT2D eigenvalue weighted by atomic mass is 32.1. The monoisotopic (exact) mass is 329 g/mol. The summed E-state index contributed by atoms with van der Waals surface area (Å²) >= 11 is 1.83. The number of hydrogen-bond donors (Lipinski definition) is 0. The fraction of sp³-hybridized carbons (Fsp3) is 0.421. The van der Waals surface area contributed by atoms with E-state index < -0.39 is 0 Å². The number of likely N-dealkylation sites (tertiary alicyclic amines) is 1. The van der Waals surface area contributed by atoms with Gasteiger partial charge in [0.15, 0.2) is 0 Å². The smallest absolute Gasteiger partial charge is 0.226 e. The minimum atomic E-state index is 0.235. The molecule has 0 atom stereocenters. The molecule has 2 aromatic rings. The lowest BCUT2D eigenvalue weighted by Gasteiger charge is -2.31. The zero-order chi connectivity index (χ0) is 16.1. The van der Waals surface area contributed by atoms with Crippen LogP contribution in [0.5, 0.6) is 5.75 Å². The van der Waals surface area contributed by atoms with E-state index in [1.807, 2.05) is 47.4 Å². The van der Waals surface area contributed by atoms with Gasteiger partial charge in [0.05, 0.1) is 13.0 Å². The van der Waals surface area contributed by atoms with Gasteiger partial charge in [0.2, 0.25) is 5.91 Å². The summed E-state index contributed by atoms with van der Waals surface area (Å²) < 4.78 is 5.43. The average Bonchev–Trinajstić information content (AvgIpc) is 3.11. The van der Waals surface area contributed by atoms with Gasteiger partial charge in [-0.2, -0.15) is 0 Å². The molecule has 3 nitrogen and oxygen atoms in total. The maximum absolute atomic E-state index is 12.5. The minimum absolute atomic E-state index is 0.235. The molecule has 0 unspecified atom stereocenters. The molecule has 0 saturated carbocycles. The van der Waals surface area contributed by atoms with E-state index in [9.17, 15) is 4.79 Å². The van der Waals surface area contributed by atoms with E-state index >= 15 is 0 Å². The normalized spacial score (nSPS) is 15.6. The molecule has 4 heteroatoms. The van der Waals surface area contributed by atoms with Crippen LogP contribution >= 0.6 is 11.3 Å². The molecule has 0 N–H and O–H groups in total. The number of amides is 1. The molecule has 1 amide bonds. The van der Waals surface area contributed by atoms with Gasteiger partial charge in [-0.3, -0.25) is 4.79 Å². The highest BCUT2D eigenvalue weighted by Crippen LogP contribution is 2.31. The topological polar surface area (TPSA) is 29.5 Å². The van der Waals surface area contributed by atoms with Gasteiger partial charge in [0, 0.05) is 18.0 Å². The number of ether oxygens (including phenoxy) is 1. The molecule has 1 aliphatic rings. The van der Waals surface area contributed by atoms with E-state index in [1.165, 1.54) is 4.88 Å². The van der Waals surface area contributed by atoms with Crippen molar-refractivity contribution >= 4 is 17.2 Å². The van der Waals surface area contributed by atoms with Crippen molar-refractivity contribution in [3.8, 4) is 5.75 Å². The lowest BCUT2D eigenvalue weighted by molar-refractivity contribution is -0.131. The van der Waals surface area contributed by atoms with Gasteiger partial charge >= 0.3 is 0 Å². The van der Waals surface area contributed by atoms with Gasteiger partial charge in [-0.05, 0) is 54.8 Å². The van der Waals surface area contributed by atoms with Crippen LogP contribution in [0.1, 0.15) is 36.1 Å². The third-order valence-corrected chi connectivity index (χ3v) is 5.42. The van der Waals surface area contributed by atoms with Crippen molar-refractivity contribution in [2.45, 2.75) is 32.1 Å². The minimum Gasteiger partial charge on any atom is -0.494 e. The number of carbonyl (C=O) groups excluding carboxylic acids is 1. The molecule has 1 aliphatic heterocycles. The van der Waals surface area contributed by atoms with Crippen molar-refractivity contribution in [3.63, 3.8) is 0 Å². The Morgan fingerprint density at radius 3 is 2.57 bits per heavy atom. The molecule has 1 saturated heterocycles. The van der Waals surface area contributed by atoms with E-state index in [2.05, 4.69) is 17.5 Å². The number of hydrogen-bond acceptors (Lipinski definition) is 3. The number of thiophene rings is 1. The van der Waals surface area contributed by atoms with Crippen LogP contribution in [-0.4, -0.2) is 30.5 Å². The maximum Gasteiger partial charge on any atom is 0.226 e. The van der Waals surface area contributed by atoms with Crippen molar-refractivity contribution < 1.29 is 9.53 Å². The van der Waals surface area contributed by atoms with Crippen LogP contribution in [-0.2, 0) is 11.2 Å². The van der Waals surface area contributed by atoms with E-state index in [0.717, 1.165) is 37.2 Å². The van der Waals surface area contributed by atoms with Crippen molar-refractivity contribution in [3.05, 3.63) is 52.2 Å². The van der Waals surface area contributed by atoms with E-state index in [-0.39, 0.29) is 5.91 Å². The van der Waals surface area contributed by atoms with Gasteiger partial charge in [0.25, 0.3) is 0 Å². The summed E-state index contributed by atoms with van der Waals surface area (Å²) in [6.45, 7) is 4.38. The predicted octanol–water partition coefficient (Wildman–Crippen LogP) is 4.10. The lowest BCUT2D eigenvalue weighted by Crippen LogP contribution is -2.38. The Morgan fingerprint density at radius 2 is 1.96 bits per heavy atom. The van der Waals surface area contributed by atoms with E-state index in [4.69, 9.17) is 4.74 Å². The second-order valence-corrected chi connectivity index (χ2v) is 6.90. The SMILES string of the molecule is CCOc1ccc(CC(=O)N2CCC(c3cccs3)CC2)cc1. The summed E-state index contributed by atoms with van der Waals surface area (Å²) in [7, 11) is 0. The fourth-order valence-corrected chi connectivity index (χ4v) is 3.99. The van der Waals surface area contributed by atoms with Crippen molar-refractivity contribution in [1.29, 1.82) is 0 Å². The number of nitrogens with zero attached hydrogens (tertiary/aromatic N) is 1. The van der Waals surface area contributed by atoms with Crippen LogP contribution in [0.3, 0.4) is 0 Å². The highest BCUT2D eigenvalue weighted by molar-refractivity contribution is 7.10. The van der Waals surface area contributed by atoms with Crippen LogP contribution in [0, 0.1) is 0 Å². The third kappa shape index (κ3) is 4.14. The summed E-state index contributed by atoms with van der Waals surface area (Å²) in [4.78, 5) is 15.9. The third-order valence-electron chi connectivity index (χ3n) is 4.38. The first-order valence-electron chi connectivity index (χ1n) is 8.29. The maximum atomic E-state index is 12.5. The molecule has 0 aliphatic carbocycles. The summed E-state index contributed by atoms with van der Waals surface area (Å²) in [5, 5.41) is 2.14. The predicted molar refractivity (Wildman–Crippen MR) is 94.2 cm³/mol. The number of rotatable bonds is 5. The Morgan fingerprint density at radius 1 is 1.22 bits per heavy atom. The Labute approximate surface area is 141 Å². The largest absolute Gasteiger partial charge is 0.494 e. The van der Waals surface area contributed by atoms with E-state index in [0.29, 0.717) is 18.9 Å². The molecule has 0 bridgehead atoms. The molecule has 2 heterocycles. The second kappa shape index (κ2) is 7.64. The second-order valence-electron chi connectivity index (χ2n) is 5.92. The van der Waals surface area contributed by atoms with Gasteiger partial charge < -0.3 is 9.64 Å². The number of carbonyl (C=O) groups is 1. The van der Waals surface area contributed by atoms with Crippen molar-refractivity contribution in [1.82, 2.24) is 4.90 Å². The zero-order valence-electron chi connectivity index (χ0n) is 13.5. The first kappa shape index (κ1) is 16.1. The molecular formula is C19H23NO2S. The van der Waals surface area contributed by atoms with Crippen LogP contribution in [0.4, 0.5) is 0 Å². The molecule has 3 rings (SSSR count). The van der Waals surface area contributed by atoms with Crippen LogP contribution in [0.2, 0.25) is 0 Å².